The summed E-state index contributed by atoms with van der Waals surface area (Å²) in [6.07, 6.45) is 4.56. The van der Waals surface area contributed by atoms with E-state index in [2.05, 4.69) is 10.2 Å². The van der Waals surface area contributed by atoms with E-state index in [1.165, 1.54) is 25.3 Å². The number of benzene rings is 1. The predicted molar refractivity (Wildman–Crippen MR) is 79.9 cm³/mol. The van der Waals surface area contributed by atoms with E-state index in [0.717, 1.165) is 6.26 Å². The Morgan fingerprint density at radius 3 is 2.52 bits per heavy atom. The van der Waals surface area contributed by atoms with Crippen LogP contribution in [0.2, 0.25) is 0 Å². The van der Waals surface area contributed by atoms with Gasteiger partial charge < -0.3 is 4.74 Å². The molecular formula is C14H14N2O4S. The van der Waals surface area contributed by atoms with Crippen molar-refractivity contribution in [3.63, 3.8) is 0 Å². The fraction of sp³-hybridized carbons (Fsp3) is 0.143. The largest absolute Gasteiger partial charge is 0.496 e. The molecule has 0 saturated heterocycles. The van der Waals surface area contributed by atoms with Gasteiger partial charge in [-0.25, -0.2) is 13.5 Å². The molecule has 0 bridgehead atoms. The summed E-state index contributed by atoms with van der Waals surface area (Å²) in [5.41, 5.74) is 1.00. The fourth-order valence-corrected chi connectivity index (χ4v) is 2.32. The van der Waals surface area contributed by atoms with Crippen molar-refractivity contribution in [1.29, 1.82) is 0 Å². The lowest BCUT2D eigenvalue weighted by atomic mass is 10.1. The molecule has 2 aromatic rings. The molecule has 0 unspecified atom stereocenters. The second kappa shape index (κ2) is 5.92. The predicted octanol–water partition coefficient (Wildman–Crippen LogP) is 1.35. The second-order valence-electron chi connectivity index (χ2n) is 4.36. The first-order chi connectivity index (χ1) is 9.90. The van der Waals surface area contributed by atoms with E-state index in [4.69, 9.17) is 4.74 Å². The van der Waals surface area contributed by atoms with Crippen LogP contribution in [-0.4, -0.2) is 32.0 Å². The van der Waals surface area contributed by atoms with E-state index >= 15 is 0 Å². The van der Waals surface area contributed by atoms with Gasteiger partial charge in [0, 0.05) is 17.9 Å². The molecule has 0 atom stereocenters. The van der Waals surface area contributed by atoms with Gasteiger partial charge in [-0.2, -0.15) is 5.10 Å². The standard InChI is InChI=1S/C14H14N2O4S/c1-20-13-9-12(21(2,18)19)7-4-10(13)3-5-11-6-8-14(17)16-15-11/h3-9H,1-2H3,(H,16,17)/b5-3+. The van der Waals surface area contributed by atoms with E-state index in [1.807, 2.05) is 0 Å². The van der Waals surface area contributed by atoms with Crippen LogP contribution in [0.15, 0.2) is 40.0 Å². The molecule has 7 heteroatoms. The van der Waals surface area contributed by atoms with Gasteiger partial charge in [0.1, 0.15) is 5.75 Å². The first-order valence-electron chi connectivity index (χ1n) is 6.02. The zero-order chi connectivity index (χ0) is 15.5. The molecule has 21 heavy (non-hydrogen) atoms. The number of ether oxygens (including phenoxy) is 1. The van der Waals surface area contributed by atoms with Gasteiger partial charge in [0.15, 0.2) is 9.84 Å². The molecule has 0 spiro atoms. The molecular weight excluding hydrogens is 292 g/mol. The van der Waals surface area contributed by atoms with Gasteiger partial charge in [0.05, 0.1) is 17.7 Å². The highest BCUT2D eigenvalue weighted by atomic mass is 32.2. The summed E-state index contributed by atoms with van der Waals surface area (Å²) in [5, 5.41) is 6.17. The third-order valence-electron chi connectivity index (χ3n) is 2.77. The lowest BCUT2D eigenvalue weighted by Gasteiger charge is -2.07. The Labute approximate surface area is 122 Å². The zero-order valence-electron chi connectivity index (χ0n) is 11.5. The first kappa shape index (κ1) is 15.0. The average molecular weight is 306 g/mol. The van der Waals surface area contributed by atoms with E-state index in [9.17, 15) is 13.2 Å². The fourth-order valence-electron chi connectivity index (χ4n) is 1.68. The monoisotopic (exact) mass is 306 g/mol. The first-order valence-corrected chi connectivity index (χ1v) is 7.91. The maximum atomic E-state index is 11.5. The Morgan fingerprint density at radius 2 is 1.95 bits per heavy atom. The molecule has 0 fully saturated rings. The number of sulfone groups is 1. The van der Waals surface area contributed by atoms with Crippen molar-refractivity contribution in [3.05, 3.63) is 51.9 Å². The number of aromatic amines is 1. The van der Waals surface area contributed by atoms with E-state index in [-0.39, 0.29) is 10.5 Å². The van der Waals surface area contributed by atoms with Crippen molar-refractivity contribution in [1.82, 2.24) is 10.2 Å². The third-order valence-corrected chi connectivity index (χ3v) is 3.88. The highest BCUT2D eigenvalue weighted by molar-refractivity contribution is 7.90. The molecule has 0 saturated carbocycles. The van der Waals surface area contributed by atoms with Crippen molar-refractivity contribution < 1.29 is 13.2 Å². The number of rotatable bonds is 4. The number of aromatic nitrogens is 2. The van der Waals surface area contributed by atoms with E-state index in [1.54, 1.807) is 24.3 Å². The lowest BCUT2D eigenvalue weighted by Crippen LogP contribution is -2.05. The van der Waals surface area contributed by atoms with Crippen LogP contribution in [0.5, 0.6) is 5.75 Å². The van der Waals surface area contributed by atoms with Gasteiger partial charge in [0.2, 0.25) is 0 Å². The smallest absolute Gasteiger partial charge is 0.264 e. The molecule has 1 aromatic heterocycles. The average Bonchev–Trinajstić information content (AvgIpc) is 2.45. The van der Waals surface area contributed by atoms with E-state index in [0.29, 0.717) is 17.0 Å². The number of hydrogen-bond acceptors (Lipinski definition) is 5. The molecule has 6 nitrogen and oxygen atoms in total. The minimum Gasteiger partial charge on any atom is -0.496 e. The molecule has 1 N–H and O–H groups in total. The Kier molecular flexibility index (Phi) is 4.23. The van der Waals surface area contributed by atoms with Crippen molar-refractivity contribution >= 4 is 22.0 Å². The number of nitrogens with zero attached hydrogens (tertiary/aromatic N) is 1. The van der Waals surface area contributed by atoms with Crippen LogP contribution in [0.3, 0.4) is 0 Å². The highest BCUT2D eigenvalue weighted by Crippen LogP contribution is 2.24. The van der Waals surface area contributed by atoms with Crippen molar-refractivity contribution in [3.8, 4) is 5.75 Å². The SMILES string of the molecule is COc1cc(S(C)(=O)=O)ccc1/C=C/c1ccc(=O)[nH]n1. The maximum Gasteiger partial charge on any atom is 0.264 e. The van der Waals surface area contributed by atoms with Gasteiger partial charge in [-0.1, -0.05) is 0 Å². The number of methoxy groups -OCH3 is 1. The van der Waals surface area contributed by atoms with Crippen LogP contribution in [0, 0.1) is 0 Å². The zero-order valence-corrected chi connectivity index (χ0v) is 12.3. The summed E-state index contributed by atoms with van der Waals surface area (Å²) in [7, 11) is -1.81. The van der Waals surface area contributed by atoms with Crippen LogP contribution in [0.4, 0.5) is 0 Å². The summed E-state index contributed by atoms with van der Waals surface area (Å²) in [6, 6.07) is 7.58. The quantitative estimate of drug-likeness (QED) is 0.921. The molecule has 0 aliphatic carbocycles. The van der Waals surface area contributed by atoms with Crippen LogP contribution < -0.4 is 10.3 Å². The molecule has 1 heterocycles. The minimum absolute atomic E-state index is 0.193. The number of H-pyrrole nitrogens is 1. The Balaban J connectivity index is 2.36. The molecule has 1 aromatic carbocycles. The molecule has 2 rings (SSSR count). The number of hydrogen-bond donors (Lipinski definition) is 1. The topological polar surface area (TPSA) is 89.1 Å². The summed E-state index contributed by atoms with van der Waals surface area (Å²) < 4.78 is 28.2. The number of nitrogens with one attached hydrogen (secondary N) is 1. The summed E-state index contributed by atoms with van der Waals surface area (Å²) in [4.78, 5) is 11.1. The van der Waals surface area contributed by atoms with Crippen LogP contribution in [0.25, 0.3) is 12.2 Å². The van der Waals surface area contributed by atoms with Crippen molar-refractivity contribution in [2.24, 2.45) is 0 Å². The van der Waals surface area contributed by atoms with Crippen LogP contribution in [-0.2, 0) is 9.84 Å². The van der Waals surface area contributed by atoms with Gasteiger partial charge in [0.25, 0.3) is 5.56 Å². The summed E-state index contributed by atoms with van der Waals surface area (Å²) >= 11 is 0. The molecule has 0 aliphatic rings. The second-order valence-corrected chi connectivity index (χ2v) is 6.37. The molecule has 0 radical (unpaired) electrons. The van der Waals surface area contributed by atoms with Gasteiger partial charge >= 0.3 is 0 Å². The molecule has 110 valence electrons. The summed E-state index contributed by atoms with van der Waals surface area (Å²) in [6.45, 7) is 0. The van der Waals surface area contributed by atoms with Gasteiger partial charge in [-0.3, -0.25) is 4.79 Å². The highest BCUT2D eigenvalue weighted by Gasteiger charge is 2.10. The Bertz CT molecular complexity index is 818. The Hall–Kier alpha value is -2.41. The van der Waals surface area contributed by atoms with Gasteiger partial charge in [-0.15, -0.1) is 0 Å². The van der Waals surface area contributed by atoms with Crippen LogP contribution >= 0.6 is 0 Å². The molecule has 0 aliphatic heterocycles. The Morgan fingerprint density at radius 1 is 1.19 bits per heavy atom. The normalized spacial score (nSPS) is 11.7. The summed E-state index contributed by atoms with van der Waals surface area (Å²) in [5.74, 6) is 0.443. The maximum absolute atomic E-state index is 11.5. The van der Waals surface area contributed by atoms with Gasteiger partial charge in [-0.05, 0) is 36.4 Å². The van der Waals surface area contributed by atoms with Crippen molar-refractivity contribution in [2.75, 3.05) is 13.4 Å². The van der Waals surface area contributed by atoms with Crippen LogP contribution in [0.1, 0.15) is 11.3 Å². The molecule has 0 amide bonds. The van der Waals surface area contributed by atoms with E-state index < -0.39 is 9.84 Å². The van der Waals surface area contributed by atoms with Crippen molar-refractivity contribution in [2.45, 2.75) is 4.90 Å². The lowest BCUT2D eigenvalue weighted by molar-refractivity contribution is 0.412. The minimum atomic E-state index is -3.28. The third kappa shape index (κ3) is 3.79.